The largest absolute Gasteiger partial charge is 0.352 e. The van der Waals surface area contributed by atoms with Crippen molar-refractivity contribution in [2.24, 2.45) is 5.92 Å². The Hall–Kier alpha value is -1.14. The third kappa shape index (κ3) is 5.63. The van der Waals surface area contributed by atoms with Crippen molar-refractivity contribution in [3.8, 4) is 0 Å². The number of rotatable bonds is 7. The van der Waals surface area contributed by atoms with Gasteiger partial charge in [-0.05, 0) is 58.3 Å². The molecule has 21 heavy (non-hydrogen) atoms. The topological polar surface area (TPSA) is 64.7 Å². The molecule has 0 bridgehead atoms. The van der Waals surface area contributed by atoms with Gasteiger partial charge in [0.1, 0.15) is 0 Å². The van der Waals surface area contributed by atoms with Crippen LogP contribution in [0.3, 0.4) is 0 Å². The molecule has 2 rings (SSSR count). The molecule has 1 saturated carbocycles. The Balaban J connectivity index is 1.65. The zero-order valence-electron chi connectivity index (χ0n) is 13.2. The second kappa shape index (κ2) is 7.75. The van der Waals surface area contributed by atoms with Gasteiger partial charge in [0.2, 0.25) is 11.8 Å². The van der Waals surface area contributed by atoms with E-state index in [-0.39, 0.29) is 18.4 Å². The number of likely N-dealkylation sites (tertiary alicyclic amines) is 1. The van der Waals surface area contributed by atoms with Crippen molar-refractivity contribution in [3.63, 3.8) is 0 Å². The molecule has 0 aromatic carbocycles. The predicted octanol–water partition coefficient (Wildman–Crippen LogP) is -0.345. The maximum absolute atomic E-state index is 12.1. The van der Waals surface area contributed by atoms with Gasteiger partial charge in [-0.2, -0.15) is 0 Å². The van der Waals surface area contributed by atoms with Gasteiger partial charge in [0.25, 0.3) is 0 Å². The van der Waals surface area contributed by atoms with E-state index in [9.17, 15) is 9.59 Å². The number of carbonyl (C=O) groups is 2. The van der Waals surface area contributed by atoms with E-state index in [1.54, 1.807) is 7.05 Å². The highest BCUT2D eigenvalue weighted by molar-refractivity contribution is 5.85. The molecule has 6 nitrogen and oxygen atoms in total. The second-order valence-electron chi connectivity index (χ2n) is 6.37. The Morgan fingerprint density at radius 3 is 2.43 bits per heavy atom. The zero-order valence-corrected chi connectivity index (χ0v) is 13.2. The van der Waals surface area contributed by atoms with E-state index in [0.29, 0.717) is 12.6 Å². The lowest BCUT2D eigenvalue weighted by atomic mass is 9.97. The summed E-state index contributed by atoms with van der Waals surface area (Å²) in [6, 6.07) is 0.354. The van der Waals surface area contributed by atoms with Crippen molar-refractivity contribution in [3.05, 3.63) is 0 Å². The van der Waals surface area contributed by atoms with Crippen LogP contribution in [0.4, 0.5) is 0 Å². The van der Waals surface area contributed by atoms with Gasteiger partial charge in [0.15, 0.2) is 0 Å². The SMILES string of the molecule is CNCC1CCN(CC(=O)N(C)CC(=O)NC2CC2)CC1. The smallest absolute Gasteiger partial charge is 0.239 e. The fourth-order valence-electron chi connectivity index (χ4n) is 2.75. The molecule has 2 amide bonds. The normalized spacial score (nSPS) is 20.3. The molecule has 0 aromatic rings. The van der Waals surface area contributed by atoms with Gasteiger partial charge in [-0.3, -0.25) is 14.5 Å². The summed E-state index contributed by atoms with van der Waals surface area (Å²) >= 11 is 0. The maximum Gasteiger partial charge on any atom is 0.239 e. The van der Waals surface area contributed by atoms with Crippen molar-refractivity contribution in [1.29, 1.82) is 0 Å². The predicted molar refractivity (Wildman–Crippen MR) is 81.9 cm³/mol. The van der Waals surface area contributed by atoms with Gasteiger partial charge in [-0.25, -0.2) is 0 Å². The monoisotopic (exact) mass is 296 g/mol. The lowest BCUT2D eigenvalue weighted by molar-refractivity contribution is -0.135. The number of nitrogens with zero attached hydrogens (tertiary/aromatic N) is 2. The molecule has 2 fully saturated rings. The Bertz CT molecular complexity index is 363. The minimum Gasteiger partial charge on any atom is -0.352 e. The molecule has 2 aliphatic rings. The van der Waals surface area contributed by atoms with Gasteiger partial charge in [-0.15, -0.1) is 0 Å². The minimum absolute atomic E-state index is 0.0352. The molecule has 0 aromatic heterocycles. The first-order chi connectivity index (χ1) is 10.1. The van der Waals surface area contributed by atoms with Crippen LogP contribution in [0.25, 0.3) is 0 Å². The number of likely N-dealkylation sites (N-methyl/N-ethyl adjacent to an activating group) is 1. The number of piperidine rings is 1. The molecule has 1 aliphatic carbocycles. The van der Waals surface area contributed by atoms with Crippen molar-refractivity contribution in [2.45, 2.75) is 31.7 Å². The van der Waals surface area contributed by atoms with Gasteiger partial charge < -0.3 is 15.5 Å². The van der Waals surface area contributed by atoms with Crippen LogP contribution in [0.1, 0.15) is 25.7 Å². The summed E-state index contributed by atoms with van der Waals surface area (Å²) in [6.45, 7) is 3.61. The third-order valence-electron chi connectivity index (χ3n) is 4.31. The molecule has 1 aliphatic heterocycles. The lowest BCUT2D eigenvalue weighted by Crippen LogP contribution is -2.46. The average molecular weight is 296 g/mol. The molecular weight excluding hydrogens is 268 g/mol. The van der Waals surface area contributed by atoms with E-state index in [4.69, 9.17) is 0 Å². The van der Waals surface area contributed by atoms with E-state index in [1.807, 2.05) is 7.05 Å². The highest BCUT2D eigenvalue weighted by Crippen LogP contribution is 2.18. The Morgan fingerprint density at radius 1 is 1.19 bits per heavy atom. The molecule has 120 valence electrons. The standard InChI is InChI=1S/C15H28N4O2/c1-16-9-12-5-7-19(8-6-12)11-15(21)18(2)10-14(20)17-13-3-4-13/h12-13,16H,3-11H2,1-2H3,(H,17,20). The number of hydrogen-bond acceptors (Lipinski definition) is 4. The first kappa shape index (κ1) is 16.2. The number of amides is 2. The summed E-state index contributed by atoms with van der Waals surface area (Å²) in [5.74, 6) is 0.720. The summed E-state index contributed by atoms with van der Waals surface area (Å²) in [7, 11) is 3.69. The van der Waals surface area contributed by atoms with Crippen molar-refractivity contribution >= 4 is 11.8 Å². The minimum atomic E-state index is -0.0407. The Labute approximate surface area is 127 Å². The second-order valence-corrected chi connectivity index (χ2v) is 6.37. The van der Waals surface area contributed by atoms with Crippen molar-refractivity contribution in [2.75, 3.05) is 46.8 Å². The maximum atomic E-state index is 12.1. The lowest BCUT2D eigenvalue weighted by Gasteiger charge is -2.32. The zero-order chi connectivity index (χ0) is 15.2. The van der Waals surface area contributed by atoms with Gasteiger partial charge in [-0.1, -0.05) is 0 Å². The van der Waals surface area contributed by atoms with Crippen LogP contribution in [-0.2, 0) is 9.59 Å². The van der Waals surface area contributed by atoms with Gasteiger partial charge in [0, 0.05) is 13.1 Å². The third-order valence-corrected chi connectivity index (χ3v) is 4.31. The first-order valence-electron chi connectivity index (χ1n) is 7.98. The van der Waals surface area contributed by atoms with E-state index >= 15 is 0 Å². The molecule has 2 N–H and O–H groups in total. The van der Waals surface area contributed by atoms with Crippen LogP contribution in [0.15, 0.2) is 0 Å². The van der Waals surface area contributed by atoms with Crippen LogP contribution in [-0.4, -0.2) is 74.5 Å². The van der Waals surface area contributed by atoms with Gasteiger partial charge >= 0.3 is 0 Å². The first-order valence-corrected chi connectivity index (χ1v) is 7.98. The Kier molecular flexibility index (Phi) is 5.99. The number of carbonyl (C=O) groups excluding carboxylic acids is 2. The van der Waals surface area contributed by atoms with Crippen LogP contribution in [0.2, 0.25) is 0 Å². The Morgan fingerprint density at radius 2 is 1.86 bits per heavy atom. The van der Waals surface area contributed by atoms with Crippen molar-refractivity contribution in [1.82, 2.24) is 20.4 Å². The van der Waals surface area contributed by atoms with Crippen molar-refractivity contribution < 1.29 is 9.59 Å². The van der Waals surface area contributed by atoms with E-state index < -0.39 is 0 Å². The van der Waals surface area contributed by atoms with Crippen LogP contribution in [0.5, 0.6) is 0 Å². The molecule has 0 spiro atoms. The molecule has 0 radical (unpaired) electrons. The van der Waals surface area contributed by atoms with E-state index in [1.165, 1.54) is 4.90 Å². The number of nitrogens with one attached hydrogen (secondary N) is 2. The van der Waals surface area contributed by atoms with E-state index in [0.717, 1.165) is 51.2 Å². The van der Waals surface area contributed by atoms with Gasteiger partial charge in [0.05, 0.1) is 13.1 Å². The highest BCUT2D eigenvalue weighted by Gasteiger charge is 2.25. The quantitative estimate of drug-likeness (QED) is 0.674. The summed E-state index contributed by atoms with van der Waals surface area (Å²) in [5.41, 5.74) is 0. The van der Waals surface area contributed by atoms with Crippen LogP contribution in [0, 0.1) is 5.92 Å². The summed E-state index contributed by atoms with van der Waals surface area (Å²) in [6.07, 6.45) is 4.43. The van der Waals surface area contributed by atoms with Crippen LogP contribution >= 0.6 is 0 Å². The number of hydrogen-bond donors (Lipinski definition) is 2. The molecule has 1 heterocycles. The molecule has 0 unspecified atom stereocenters. The summed E-state index contributed by atoms with van der Waals surface area (Å²) in [4.78, 5) is 27.6. The summed E-state index contributed by atoms with van der Waals surface area (Å²) in [5, 5.41) is 6.13. The fourth-order valence-corrected chi connectivity index (χ4v) is 2.75. The summed E-state index contributed by atoms with van der Waals surface area (Å²) < 4.78 is 0. The molecular formula is C15H28N4O2. The van der Waals surface area contributed by atoms with Crippen LogP contribution < -0.4 is 10.6 Å². The van der Waals surface area contributed by atoms with E-state index in [2.05, 4.69) is 15.5 Å². The molecule has 1 saturated heterocycles. The molecule has 6 heteroatoms. The molecule has 0 atom stereocenters. The fraction of sp³-hybridized carbons (Fsp3) is 0.867. The highest BCUT2D eigenvalue weighted by atomic mass is 16.2. The average Bonchev–Trinajstić information content (AvgIpc) is 3.25.